The topological polar surface area (TPSA) is 32.7 Å². The molecule has 1 N–H and O–H groups in total. The molecule has 0 aliphatic heterocycles. The van der Waals surface area contributed by atoms with Gasteiger partial charge in [-0.1, -0.05) is 48.5 Å². The fourth-order valence-electron chi connectivity index (χ4n) is 4.40. The second-order valence-corrected chi connectivity index (χ2v) is 8.32. The number of aryl methyl sites for hydroxylation is 1. The van der Waals surface area contributed by atoms with Crippen LogP contribution in [0.4, 0.5) is 0 Å². The predicted molar refractivity (Wildman–Crippen MR) is 111 cm³/mol. The molecule has 0 spiro atoms. The van der Waals surface area contributed by atoms with Crippen molar-refractivity contribution in [3.05, 3.63) is 70.8 Å². The normalized spacial score (nSPS) is 25.7. The van der Waals surface area contributed by atoms with Gasteiger partial charge in [-0.25, -0.2) is 0 Å². The average Bonchev–Trinajstić information content (AvgIpc) is 2.65. The van der Waals surface area contributed by atoms with Crippen molar-refractivity contribution in [3.63, 3.8) is 0 Å². The van der Waals surface area contributed by atoms with Crippen molar-refractivity contribution in [2.45, 2.75) is 51.4 Å². The minimum absolute atomic E-state index is 0.155. The first-order valence-corrected chi connectivity index (χ1v) is 9.99. The molecule has 3 rings (SSSR count). The standard InChI is InChI=1S/C24H33NO2/c1-18-9-8-12-23(19(18)2)24(26)14-13-22(15-21(24)16-25(3)4)27-17-20-10-6-5-7-11-20/h5-12,21-22,26H,13-17H2,1-4H3. The Bertz CT molecular complexity index is 743. The van der Waals surface area contributed by atoms with E-state index >= 15 is 0 Å². The lowest BCUT2D eigenvalue weighted by Gasteiger charge is -2.45. The second kappa shape index (κ2) is 8.55. The van der Waals surface area contributed by atoms with Gasteiger partial charge in [0.2, 0.25) is 0 Å². The van der Waals surface area contributed by atoms with E-state index in [1.165, 1.54) is 16.7 Å². The summed E-state index contributed by atoms with van der Waals surface area (Å²) < 4.78 is 6.23. The molecule has 3 heteroatoms. The van der Waals surface area contributed by atoms with Gasteiger partial charge in [0.1, 0.15) is 0 Å². The van der Waals surface area contributed by atoms with Crippen LogP contribution in [-0.4, -0.2) is 36.8 Å². The Morgan fingerprint density at radius 1 is 1.07 bits per heavy atom. The number of aliphatic hydroxyl groups is 1. The summed E-state index contributed by atoms with van der Waals surface area (Å²) in [7, 11) is 4.16. The molecule has 27 heavy (non-hydrogen) atoms. The highest BCUT2D eigenvalue weighted by Gasteiger charge is 2.44. The molecule has 2 aromatic rings. The van der Waals surface area contributed by atoms with Gasteiger partial charge in [-0.2, -0.15) is 0 Å². The Hall–Kier alpha value is -1.68. The number of ether oxygens (including phenoxy) is 1. The SMILES string of the molecule is Cc1cccc(C2(O)CCC(OCc3ccccc3)CC2CN(C)C)c1C. The lowest BCUT2D eigenvalue weighted by molar-refractivity contribution is -0.111. The molecule has 0 heterocycles. The Labute approximate surface area is 164 Å². The monoisotopic (exact) mass is 367 g/mol. The molecule has 3 nitrogen and oxygen atoms in total. The van der Waals surface area contributed by atoms with E-state index in [1.54, 1.807) is 0 Å². The molecule has 1 saturated carbocycles. The van der Waals surface area contributed by atoms with Gasteiger partial charge < -0.3 is 14.7 Å². The minimum Gasteiger partial charge on any atom is -0.385 e. The third-order valence-corrected chi connectivity index (χ3v) is 6.06. The van der Waals surface area contributed by atoms with Crippen molar-refractivity contribution in [3.8, 4) is 0 Å². The summed E-state index contributed by atoms with van der Waals surface area (Å²) in [5.41, 5.74) is 3.97. The van der Waals surface area contributed by atoms with Crippen molar-refractivity contribution in [1.82, 2.24) is 4.90 Å². The summed E-state index contributed by atoms with van der Waals surface area (Å²) in [5, 5.41) is 11.8. The van der Waals surface area contributed by atoms with Gasteiger partial charge in [0.05, 0.1) is 18.3 Å². The van der Waals surface area contributed by atoms with Crippen LogP contribution in [0.3, 0.4) is 0 Å². The van der Waals surface area contributed by atoms with Crippen LogP contribution in [0.1, 0.15) is 41.5 Å². The van der Waals surface area contributed by atoms with E-state index in [0.717, 1.165) is 31.4 Å². The van der Waals surface area contributed by atoms with Gasteiger partial charge in [0.15, 0.2) is 0 Å². The number of rotatable bonds is 6. The van der Waals surface area contributed by atoms with Crippen molar-refractivity contribution in [1.29, 1.82) is 0 Å². The van der Waals surface area contributed by atoms with Gasteiger partial charge in [0.25, 0.3) is 0 Å². The van der Waals surface area contributed by atoms with Crippen LogP contribution < -0.4 is 0 Å². The number of hydrogen-bond acceptors (Lipinski definition) is 3. The average molecular weight is 368 g/mol. The van der Waals surface area contributed by atoms with Crippen molar-refractivity contribution in [2.24, 2.45) is 5.92 Å². The summed E-state index contributed by atoms with van der Waals surface area (Å²) in [5.74, 6) is 0.155. The Morgan fingerprint density at radius 2 is 1.81 bits per heavy atom. The molecule has 2 aromatic carbocycles. The summed E-state index contributed by atoms with van der Waals surface area (Å²) >= 11 is 0. The lowest BCUT2D eigenvalue weighted by atomic mass is 9.69. The zero-order valence-electron chi connectivity index (χ0n) is 17.1. The quantitative estimate of drug-likeness (QED) is 0.819. The fraction of sp³-hybridized carbons (Fsp3) is 0.500. The Balaban J connectivity index is 1.77. The first-order chi connectivity index (χ1) is 12.9. The lowest BCUT2D eigenvalue weighted by Crippen LogP contribution is -2.47. The molecule has 1 aliphatic rings. The van der Waals surface area contributed by atoms with Crippen LogP contribution >= 0.6 is 0 Å². The highest BCUT2D eigenvalue weighted by atomic mass is 16.5. The molecule has 3 unspecified atom stereocenters. The van der Waals surface area contributed by atoms with Crippen molar-refractivity contribution >= 4 is 0 Å². The van der Waals surface area contributed by atoms with E-state index in [1.807, 2.05) is 18.2 Å². The summed E-state index contributed by atoms with van der Waals surface area (Å²) in [6, 6.07) is 16.6. The van der Waals surface area contributed by atoms with E-state index in [-0.39, 0.29) is 12.0 Å². The van der Waals surface area contributed by atoms with E-state index < -0.39 is 5.60 Å². The number of hydrogen-bond donors (Lipinski definition) is 1. The summed E-state index contributed by atoms with van der Waals surface area (Å²) in [4.78, 5) is 2.18. The Kier molecular flexibility index (Phi) is 6.36. The van der Waals surface area contributed by atoms with Crippen molar-refractivity contribution in [2.75, 3.05) is 20.6 Å². The summed E-state index contributed by atoms with van der Waals surface area (Å²) in [6.45, 7) is 5.75. The van der Waals surface area contributed by atoms with Crippen LogP contribution in [0, 0.1) is 19.8 Å². The molecule has 146 valence electrons. The van der Waals surface area contributed by atoms with Gasteiger partial charge in [-0.3, -0.25) is 0 Å². The fourth-order valence-corrected chi connectivity index (χ4v) is 4.40. The smallest absolute Gasteiger partial charge is 0.0941 e. The first-order valence-electron chi connectivity index (χ1n) is 9.99. The van der Waals surface area contributed by atoms with Gasteiger partial charge >= 0.3 is 0 Å². The maximum absolute atomic E-state index is 11.8. The highest BCUT2D eigenvalue weighted by molar-refractivity contribution is 5.38. The number of benzene rings is 2. The Morgan fingerprint density at radius 3 is 2.52 bits per heavy atom. The minimum atomic E-state index is -0.785. The van der Waals surface area contributed by atoms with Gasteiger partial charge in [-0.15, -0.1) is 0 Å². The van der Waals surface area contributed by atoms with Crippen LogP contribution in [0.5, 0.6) is 0 Å². The van der Waals surface area contributed by atoms with Crippen LogP contribution in [0.2, 0.25) is 0 Å². The van der Waals surface area contributed by atoms with E-state index in [4.69, 9.17) is 4.74 Å². The first kappa shape index (κ1) is 20.1. The number of nitrogens with zero attached hydrogens (tertiary/aromatic N) is 1. The van der Waals surface area contributed by atoms with Crippen molar-refractivity contribution < 1.29 is 9.84 Å². The van der Waals surface area contributed by atoms with Crippen LogP contribution in [-0.2, 0) is 16.9 Å². The third-order valence-electron chi connectivity index (χ3n) is 6.06. The second-order valence-electron chi connectivity index (χ2n) is 8.32. The molecular weight excluding hydrogens is 334 g/mol. The molecule has 0 radical (unpaired) electrons. The van der Waals surface area contributed by atoms with Gasteiger partial charge in [0, 0.05) is 12.5 Å². The van der Waals surface area contributed by atoms with Crippen LogP contribution in [0.25, 0.3) is 0 Å². The molecule has 1 fully saturated rings. The zero-order chi connectivity index (χ0) is 19.4. The molecule has 1 aliphatic carbocycles. The van der Waals surface area contributed by atoms with E-state index in [9.17, 15) is 5.11 Å². The maximum atomic E-state index is 11.8. The molecule has 0 amide bonds. The summed E-state index contributed by atoms with van der Waals surface area (Å²) in [6.07, 6.45) is 2.71. The molecule has 0 aromatic heterocycles. The van der Waals surface area contributed by atoms with E-state index in [2.05, 4.69) is 63.2 Å². The zero-order valence-corrected chi connectivity index (χ0v) is 17.1. The van der Waals surface area contributed by atoms with Crippen LogP contribution in [0.15, 0.2) is 48.5 Å². The largest absolute Gasteiger partial charge is 0.385 e. The molecule has 3 atom stereocenters. The molecule has 0 bridgehead atoms. The maximum Gasteiger partial charge on any atom is 0.0941 e. The van der Waals surface area contributed by atoms with E-state index in [0.29, 0.717) is 6.61 Å². The highest BCUT2D eigenvalue weighted by Crippen LogP contribution is 2.44. The predicted octanol–water partition coefficient (Wildman–Crippen LogP) is 4.44. The third kappa shape index (κ3) is 4.60. The molecule has 0 saturated heterocycles. The van der Waals surface area contributed by atoms with Gasteiger partial charge in [-0.05, 0) is 69.5 Å². The molecular formula is C24H33NO2.